The molecule has 1 unspecified atom stereocenters. The van der Waals surface area contributed by atoms with Crippen LogP contribution >= 0.6 is 0 Å². The van der Waals surface area contributed by atoms with Crippen molar-refractivity contribution in [2.24, 2.45) is 5.73 Å². The van der Waals surface area contributed by atoms with Crippen molar-refractivity contribution in [2.45, 2.75) is 39.8 Å². The van der Waals surface area contributed by atoms with Crippen LogP contribution in [-0.4, -0.2) is 11.9 Å². The Balaban J connectivity index is 2.48. The van der Waals surface area contributed by atoms with Gasteiger partial charge in [-0.2, -0.15) is 0 Å². The van der Waals surface area contributed by atoms with E-state index in [9.17, 15) is 4.79 Å². The zero-order valence-corrected chi connectivity index (χ0v) is 10.2. The topological polar surface area (TPSA) is 55.1 Å². The number of hydrogen-bond acceptors (Lipinski definition) is 2. The third-order valence-corrected chi connectivity index (χ3v) is 2.73. The highest BCUT2D eigenvalue weighted by Crippen LogP contribution is 2.09. The van der Waals surface area contributed by atoms with Crippen molar-refractivity contribution in [1.82, 2.24) is 5.32 Å². The van der Waals surface area contributed by atoms with E-state index in [1.807, 2.05) is 6.92 Å². The molecule has 0 fully saturated rings. The monoisotopic (exact) mass is 220 g/mol. The summed E-state index contributed by atoms with van der Waals surface area (Å²) in [6.07, 6.45) is 0.380. The Morgan fingerprint density at radius 3 is 2.62 bits per heavy atom. The Morgan fingerprint density at radius 2 is 2.06 bits per heavy atom. The molecular formula is C13H20N2O. The van der Waals surface area contributed by atoms with Crippen LogP contribution in [0.25, 0.3) is 0 Å². The minimum absolute atomic E-state index is 0.124. The highest BCUT2D eigenvalue weighted by atomic mass is 16.1. The van der Waals surface area contributed by atoms with Crippen LogP contribution in [0.15, 0.2) is 18.2 Å². The summed E-state index contributed by atoms with van der Waals surface area (Å²) in [6, 6.07) is 6.51. The van der Waals surface area contributed by atoms with Crippen LogP contribution < -0.4 is 11.1 Å². The molecule has 16 heavy (non-hydrogen) atoms. The molecule has 0 saturated carbocycles. The zero-order valence-electron chi connectivity index (χ0n) is 10.2. The average Bonchev–Trinajstić information content (AvgIpc) is 2.19. The summed E-state index contributed by atoms with van der Waals surface area (Å²) in [7, 11) is 0. The fourth-order valence-electron chi connectivity index (χ4n) is 1.58. The maximum Gasteiger partial charge on any atom is 0.218 e. The van der Waals surface area contributed by atoms with Gasteiger partial charge in [0, 0.05) is 19.0 Å². The van der Waals surface area contributed by atoms with Crippen molar-refractivity contribution in [1.29, 1.82) is 0 Å². The fraction of sp³-hybridized carbons (Fsp3) is 0.462. The van der Waals surface area contributed by atoms with Gasteiger partial charge < -0.3 is 11.1 Å². The molecule has 0 bridgehead atoms. The lowest BCUT2D eigenvalue weighted by Gasteiger charge is -2.12. The van der Waals surface area contributed by atoms with Crippen LogP contribution in [0.4, 0.5) is 0 Å². The Morgan fingerprint density at radius 1 is 1.38 bits per heavy atom. The Bertz CT molecular complexity index is 374. The van der Waals surface area contributed by atoms with Crippen molar-refractivity contribution < 1.29 is 4.79 Å². The molecule has 3 N–H and O–H groups in total. The van der Waals surface area contributed by atoms with E-state index in [2.05, 4.69) is 37.4 Å². The van der Waals surface area contributed by atoms with Gasteiger partial charge in [0.25, 0.3) is 0 Å². The molecule has 0 radical (unpaired) electrons. The Labute approximate surface area is 97.0 Å². The molecule has 0 aliphatic rings. The van der Waals surface area contributed by atoms with E-state index in [-0.39, 0.29) is 11.9 Å². The maximum absolute atomic E-state index is 10.7. The number of primary amides is 1. The summed E-state index contributed by atoms with van der Waals surface area (Å²) in [5.74, 6) is -0.264. The minimum Gasteiger partial charge on any atom is -0.370 e. The lowest BCUT2D eigenvalue weighted by atomic mass is 10.1. The number of carbonyl (C=O) groups is 1. The molecule has 88 valence electrons. The van der Waals surface area contributed by atoms with Gasteiger partial charge in [-0.05, 0) is 37.5 Å². The van der Waals surface area contributed by atoms with Crippen molar-refractivity contribution >= 4 is 5.91 Å². The SMILES string of the molecule is Cc1ccc(CNC(C)CC(N)=O)cc1C. The van der Waals surface area contributed by atoms with Crippen LogP contribution in [-0.2, 0) is 11.3 Å². The second kappa shape index (κ2) is 5.66. The highest BCUT2D eigenvalue weighted by Gasteiger charge is 2.05. The second-order valence-corrected chi connectivity index (χ2v) is 4.37. The molecule has 0 aromatic heterocycles. The standard InChI is InChI=1S/C13H20N2O/c1-9-4-5-12(6-10(9)2)8-15-11(3)7-13(14)16/h4-6,11,15H,7-8H2,1-3H3,(H2,14,16). The third kappa shape index (κ3) is 4.03. The van der Waals surface area contributed by atoms with E-state index >= 15 is 0 Å². The molecular weight excluding hydrogens is 200 g/mol. The summed E-state index contributed by atoms with van der Waals surface area (Å²) in [6.45, 7) is 6.94. The number of benzene rings is 1. The fourth-order valence-corrected chi connectivity index (χ4v) is 1.58. The highest BCUT2D eigenvalue weighted by molar-refractivity contribution is 5.74. The molecule has 0 spiro atoms. The van der Waals surface area contributed by atoms with Crippen molar-refractivity contribution in [3.63, 3.8) is 0 Å². The van der Waals surface area contributed by atoms with Crippen LogP contribution in [0.5, 0.6) is 0 Å². The molecule has 0 heterocycles. The number of nitrogens with one attached hydrogen (secondary N) is 1. The smallest absolute Gasteiger partial charge is 0.218 e. The summed E-state index contributed by atoms with van der Waals surface area (Å²) in [5.41, 5.74) is 8.96. The van der Waals surface area contributed by atoms with Gasteiger partial charge in [-0.25, -0.2) is 0 Å². The Kier molecular flexibility index (Phi) is 4.50. The number of carbonyl (C=O) groups excluding carboxylic acids is 1. The molecule has 0 saturated heterocycles. The molecule has 1 rings (SSSR count). The largest absolute Gasteiger partial charge is 0.370 e. The van der Waals surface area contributed by atoms with Gasteiger partial charge in [0.2, 0.25) is 5.91 Å². The molecule has 3 nitrogen and oxygen atoms in total. The summed E-state index contributed by atoms with van der Waals surface area (Å²) >= 11 is 0. The van der Waals surface area contributed by atoms with E-state index in [1.165, 1.54) is 16.7 Å². The predicted octanol–water partition coefficient (Wildman–Crippen LogP) is 1.66. The molecule has 1 amide bonds. The first-order chi connectivity index (χ1) is 7.49. The predicted molar refractivity (Wildman–Crippen MR) is 66.0 cm³/mol. The van der Waals surface area contributed by atoms with Gasteiger partial charge in [0.15, 0.2) is 0 Å². The van der Waals surface area contributed by atoms with E-state index in [0.717, 1.165) is 6.54 Å². The van der Waals surface area contributed by atoms with Crippen LogP contribution in [0, 0.1) is 13.8 Å². The van der Waals surface area contributed by atoms with E-state index in [4.69, 9.17) is 5.73 Å². The number of nitrogens with two attached hydrogens (primary N) is 1. The van der Waals surface area contributed by atoms with E-state index < -0.39 is 0 Å². The summed E-state index contributed by atoms with van der Waals surface area (Å²) < 4.78 is 0. The summed E-state index contributed by atoms with van der Waals surface area (Å²) in [4.78, 5) is 10.7. The quantitative estimate of drug-likeness (QED) is 0.793. The molecule has 1 aromatic rings. The molecule has 0 aliphatic carbocycles. The number of aryl methyl sites for hydroxylation is 2. The average molecular weight is 220 g/mol. The lowest BCUT2D eigenvalue weighted by molar-refractivity contribution is -0.118. The van der Waals surface area contributed by atoms with Crippen molar-refractivity contribution in [2.75, 3.05) is 0 Å². The van der Waals surface area contributed by atoms with Gasteiger partial charge in [0.1, 0.15) is 0 Å². The Hall–Kier alpha value is -1.35. The van der Waals surface area contributed by atoms with Gasteiger partial charge in [0.05, 0.1) is 0 Å². The minimum atomic E-state index is -0.264. The van der Waals surface area contributed by atoms with Gasteiger partial charge >= 0.3 is 0 Å². The number of rotatable bonds is 5. The summed E-state index contributed by atoms with van der Waals surface area (Å²) in [5, 5.41) is 3.28. The molecule has 0 aliphatic heterocycles. The first-order valence-corrected chi connectivity index (χ1v) is 5.57. The van der Waals surface area contributed by atoms with Crippen molar-refractivity contribution in [3.8, 4) is 0 Å². The van der Waals surface area contributed by atoms with Crippen LogP contribution in [0.3, 0.4) is 0 Å². The second-order valence-electron chi connectivity index (χ2n) is 4.37. The van der Waals surface area contributed by atoms with Crippen molar-refractivity contribution in [3.05, 3.63) is 34.9 Å². The maximum atomic E-state index is 10.7. The van der Waals surface area contributed by atoms with E-state index in [0.29, 0.717) is 6.42 Å². The number of amides is 1. The first kappa shape index (κ1) is 12.7. The lowest BCUT2D eigenvalue weighted by Crippen LogP contribution is -2.30. The van der Waals surface area contributed by atoms with Gasteiger partial charge in [-0.15, -0.1) is 0 Å². The first-order valence-electron chi connectivity index (χ1n) is 5.57. The number of hydrogen-bond donors (Lipinski definition) is 2. The van der Waals surface area contributed by atoms with Crippen LogP contribution in [0.1, 0.15) is 30.0 Å². The molecule has 1 atom stereocenters. The molecule has 1 aromatic carbocycles. The van der Waals surface area contributed by atoms with Gasteiger partial charge in [-0.1, -0.05) is 18.2 Å². The third-order valence-electron chi connectivity index (χ3n) is 2.73. The van der Waals surface area contributed by atoms with E-state index in [1.54, 1.807) is 0 Å². The van der Waals surface area contributed by atoms with Gasteiger partial charge in [-0.3, -0.25) is 4.79 Å². The normalized spacial score (nSPS) is 12.4. The zero-order chi connectivity index (χ0) is 12.1. The molecule has 3 heteroatoms. The van der Waals surface area contributed by atoms with Crippen LogP contribution in [0.2, 0.25) is 0 Å².